The van der Waals surface area contributed by atoms with Gasteiger partial charge in [0.15, 0.2) is 5.13 Å². The molecular formula is C16H22BrN3S. The van der Waals surface area contributed by atoms with Gasteiger partial charge in [0.25, 0.3) is 0 Å². The zero-order valence-corrected chi connectivity index (χ0v) is 15.2. The second kappa shape index (κ2) is 7.92. The van der Waals surface area contributed by atoms with Crippen LogP contribution in [0, 0.1) is 0 Å². The number of benzene rings is 1. The molecule has 0 aliphatic rings. The fourth-order valence-corrected chi connectivity index (χ4v) is 3.21. The van der Waals surface area contributed by atoms with Gasteiger partial charge in [-0.3, -0.25) is 0 Å². The second-order valence-corrected chi connectivity index (χ2v) is 7.16. The van der Waals surface area contributed by atoms with Crippen molar-refractivity contribution >= 4 is 32.4 Å². The summed E-state index contributed by atoms with van der Waals surface area (Å²) in [5.74, 6) is 0. The molecular weight excluding hydrogens is 346 g/mol. The number of aromatic nitrogens is 1. The van der Waals surface area contributed by atoms with Crippen molar-refractivity contribution in [2.24, 2.45) is 0 Å². The third kappa shape index (κ3) is 4.80. The molecule has 0 radical (unpaired) electrons. The van der Waals surface area contributed by atoms with Gasteiger partial charge < -0.3 is 10.2 Å². The molecule has 114 valence electrons. The monoisotopic (exact) mass is 367 g/mol. The van der Waals surface area contributed by atoms with Crippen LogP contribution in [0.15, 0.2) is 34.9 Å². The lowest BCUT2D eigenvalue weighted by atomic mass is 10.2. The lowest BCUT2D eigenvalue weighted by Gasteiger charge is -2.16. The van der Waals surface area contributed by atoms with E-state index in [1.54, 1.807) is 11.3 Å². The number of nitrogens with one attached hydrogen (secondary N) is 1. The van der Waals surface area contributed by atoms with Crippen LogP contribution in [-0.4, -0.2) is 18.6 Å². The molecule has 0 bridgehead atoms. The molecule has 0 saturated heterocycles. The van der Waals surface area contributed by atoms with Crippen molar-refractivity contribution in [2.75, 3.05) is 18.5 Å². The minimum absolute atomic E-state index is 0.372. The lowest BCUT2D eigenvalue weighted by molar-refractivity contribution is 0.577. The highest BCUT2D eigenvalue weighted by atomic mass is 79.9. The lowest BCUT2D eigenvalue weighted by Crippen LogP contribution is -2.18. The quantitative estimate of drug-likeness (QED) is 0.774. The predicted octanol–water partition coefficient (Wildman–Crippen LogP) is 4.60. The maximum atomic E-state index is 4.55. The van der Waals surface area contributed by atoms with E-state index < -0.39 is 0 Å². The van der Waals surface area contributed by atoms with Crippen LogP contribution >= 0.6 is 27.3 Å². The maximum Gasteiger partial charge on any atom is 0.185 e. The molecule has 3 nitrogen and oxygen atoms in total. The summed E-state index contributed by atoms with van der Waals surface area (Å²) in [6, 6.07) is 8.80. The van der Waals surface area contributed by atoms with Crippen molar-refractivity contribution in [1.29, 1.82) is 0 Å². The Labute approximate surface area is 139 Å². The van der Waals surface area contributed by atoms with E-state index in [1.165, 1.54) is 10.4 Å². The molecule has 2 aromatic rings. The minimum Gasteiger partial charge on any atom is -0.347 e. The first-order valence-electron chi connectivity index (χ1n) is 7.25. The maximum absolute atomic E-state index is 4.55. The van der Waals surface area contributed by atoms with Gasteiger partial charge in [-0.1, -0.05) is 35.0 Å². The van der Waals surface area contributed by atoms with E-state index in [-0.39, 0.29) is 0 Å². The van der Waals surface area contributed by atoms with E-state index >= 15 is 0 Å². The summed E-state index contributed by atoms with van der Waals surface area (Å²) in [6.07, 6.45) is 3.14. The molecule has 2 rings (SSSR count). The van der Waals surface area contributed by atoms with E-state index in [0.717, 1.165) is 29.1 Å². The number of thiazole rings is 1. The molecule has 0 spiro atoms. The number of hydrogen-bond acceptors (Lipinski definition) is 4. The molecule has 0 saturated carbocycles. The Morgan fingerprint density at radius 3 is 2.71 bits per heavy atom. The van der Waals surface area contributed by atoms with E-state index in [2.05, 4.69) is 76.3 Å². The smallest absolute Gasteiger partial charge is 0.185 e. The third-order valence-electron chi connectivity index (χ3n) is 3.30. The number of rotatable bonds is 7. The number of anilines is 1. The molecule has 21 heavy (non-hydrogen) atoms. The van der Waals surface area contributed by atoms with Crippen LogP contribution in [-0.2, 0) is 6.54 Å². The number of nitrogens with zero attached hydrogens (tertiary/aromatic N) is 2. The van der Waals surface area contributed by atoms with Gasteiger partial charge in [-0.25, -0.2) is 4.98 Å². The van der Waals surface area contributed by atoms with Gasteiger partial charge in [0.1, 0.15) is 0 Å². The summed E-state index contributed by atoms with van der Waals surface area (Å²) in [4.78, 5) is 8.05. The van der Waals surface area contributed by atoms with Crippen LogP contribution in [0.4, 0.5) is 5.13 Å². The molecule has 1 atom stereocenters. The molecule has 1 aromatic carbocycles. The highest BCUT2D eigenvalue weighted by molar-refractivity contribution is 9.10. The first-order valence-corrected chi connectivity index (χ1v) is 8.85. The van der Waals surface area contributed by atoms with Gasteiger partial charge in [-0.05, 0) is 37.6 Å². The summed E-state index contributed by atoms with van der Waals surface area (Å²) >= 11 is 5.23. The number of hydrogen-bond donors (Lipinski definition) is 1. The Hall–Kier alpha value is -0.910. The first-order chi connectivity index (χ1) is 10.1. The molecule has 1 heterocycles. The molecule has 5 heteroatoms. The summed E-state index contributed by atoms with van der Waals surface area (Å²) < 4.78 is 1.11. The Morgan fingerprint density at radius 1 is 1.33 bits per heavy atom. The fraction of sp³-hybridized carbons (Fsp3) is 0.438. The Bertz CT molecular complexity index is 553. The Morgan fingerprint density at radius 2 is 2.05 bits per heavy atom. The Kier molecular flexibility index (Phi) is 6.21. The van der Waals surface area contributed by atoms with E-state index in [0.29, 0.717) is 6.04 Å². The average molecular weight is 368 g/mol. The van der Waals surface area contributed by atoms with Crippen LogP contribution in [0.5, 0.6) is 0 Å². The van der Waals surface area contributed by atoms with Crippen LogP contribution in [0.2, 0.25) is 0 Å². The van der Waals surface area contributed by atoms with Crippen molar-refractivity contribution in [3.05, 3.63) is 45.4 Å². The predicted molar refractivity (Wildman–Crippen MR) is 95.1 cm³/mol. The van der Waals surface area contributed by atoms with E-state index in [1.807, 2.05) is 6.20 Å². The summed E-state index contributed by atoms with van der Waals surface area (Å²) in [6.45, 7) is 6.30. The largest absolute Gasteiger partial charge is 0.347 e. The van der Waals surface area contributed by atoms with Crippen molar-refractivity contribution in [3.8, 4) is 0 Å². The zero-order chi connectivity index (χ0) is 15.2. The first kappa shape index (κ1) is 16.5. The zero-order valence-electron chi connectivity index (χ0n) is 12.8. The van der Waals surface area contributed by atoms with Crippen LogP contribution in [0.25, 0.3) is 0 Å². The molecule has 1 N–H and O–H groups in total. The third-order valence-corrected chi connectivity index (χ3v) is 5.12. The molecule has 0 fully saturated rings. The van der Waals surface area contributed by atoms with Crippen LogP contribution in [0.3, 0.4) is 0 Å². The van der Waals surface area contributed by atoms with Gasteiger partial charge in [0, 0.05) is 35.2 Å². The summed E-state index contributed by atoms with van der Waals surface area (Å²) in [5, 5.41) is 4.57. The van der Waals surface area contributed by atoms with Crippen molar-refractivity contribution in [1.82, 2.24) is 10.3 Å². The van der Waals surface area contributed by atoms with Gasteiger partial charge in [-0.15, -0.1) is 11.3 Å². The minimum atomic E-state index is 0.372. The highest BCUT2D eigenvalue weighted by Crippen LogP contribution is 2.27. The van der Waals surface area contributed by atoms with Crippen LogP contribution < -0.4 is 10.2 Å². The van der Waals surface area contributed by atoms with E-state index in [9.17, 15) is 0 Å². The number of halogens is 1. The molecule has 0 aliphatic heterocycles. The van der Waals surface area contributed by atoms with Gasteiger partial charge in [0.05, 0.1) is 0 Å². The van der Waals surface area contributed by atoms with E-state index in [4.69, 9.17) is 0 Å². The van der Waals surface area contributed by atoms with Gasteiger partial charge in [0.2, 0.25) is 0 Å². The Balaban J connectivity index is 1.98. The average Bonchev–Trinajstić information content (AvgIpc) is 2.97. The normalized spacial score (nSPS) is 12.4. The molecule has 0 amide bonds. The molecule has 1 unspecified atom stereocenters. The van der Waals surface area contributed by atoms with Crippen molar-refractivity contribution in [3.63, 3.8) is 0 Å². The SMILES string of the molecule is CCCNC(C)c1cnc(N(C)Cc2ccc(Br)cc2)s1. The summed E-state index contributed by atoms with van der Waals surface area (Å²) in [5.41, 5.74) is 1.29. The van der Waals surface area contributed by atoms with Crippen LogP contribution in [0.1, 0.15) is 36.8 Å². The fourth-order valence-electron chi connectivity index (χ4n) is 2.05. The highest BCUT2D eigenvalue weighted by Gasteiger charge is 2.12. The van der Waals surface area contributed by atoms with Gasteiger partial charge in [-0.2, -0.15) is 0 Å². The topological polar surface area (TPSA) is 28.2 Å². The molecule has 1 aromatic heterocycles. The van der Waals surface area contributed by atoms with Crippen molar-refractivity contribution < 1.29 is 0 Å². The van der Waals surface area contributed by atoms with Gasteiger partial charge >= 0.3 is 0 Å². The molecule has 0 aliphatic carbocycles. The standard InChI is InChI=1S/C16H22BrN3S/c1-4-9-18-12(2)15-10-19-16(21-15)20(3)11-13-5-7-14(17)8-6-13/h5-8,10,12,18H,4,9,11H2,1-3H3. The second-order valence-electron chi connectivity index (χ2n) is 5.20. The summed E-state index contributed by atoms with van der Waals surface area (Å²) in [7, 11) is 2.09. The van der Waals surface area contributed by atoms with Crippen molar-refractivity contribution in [2.45, 2.75) is 32.9 Å².